The summed E-state index contributed by atoms with van der Waals surface area (Å²) in [5, 5.41) is 11.9. The van der Waals surface area contributed by atoms with Crippen LogP contribution in [0.25, 0.3) is 0 Å². The van der Waals surface area contributed by atoms with E-state index >= 15 is 0 Å². The molecular formula is C16H23ClN2O3. The molecule has 2 amide bonds. The van der Waals surface area contributed by atoms with Gasteiger partial charge in [0.2, 0.25) is 0 Å². The first-order valence-corrected chi connectivity index (χ1v) is 7.89. The Kier molecular flexibility index (Phi) is 8.36. The van der Waals surface area contributed by atoms with E-state index in [-0.39, 0.29) is 19.0 Å². The molecule has 0 fully saturated rings. The third-order valence-electron chi connectivity index (χ3n) is 3.22. The Hall–Kier alpha value is -1.75. The fourth-order valence-corrected chi connectivity index (χ4v) is 2.13. The van der Waals surface area contributed by atoms with Crippen LogP contribution in [0.4, 0.5) is 4.79 Å². The van der Waals surface area contributed by atoms with E-state index in [1.54, 1.807) is 17.0 Å². The number of carboxylic acids is 1. The minimum atomic E-state index is -0.921. The van der Waals surface area contributed by atoms with Gasteiger partial charge in [-0.25, -0.2) is 4.79 Å². The number of hydrogen-bond donors (Lipinski definition) is 2. The van der Waals surface area contributed by atoms with E-state index in [1.165, 1.54) is 0 Å². The van der Waals surface area contributed by atoms with Gasteiger partial charge in [0.15, 0.2) is 0 Å². The molecule has 0 spiro atoms. The quantitative estimate of drug-likeness (QED) is 0.682. The normalized spacial score (nSPS) is 10.3. The first-order chi connectivity index (χ1) is 10.5. The first-order valence-electron chi connectivity index (χ1n) is 7.52. The molecule has 22 heavy (non-hydrogen) atoms. The molecule has 0 unspecified atom stereocenters. The summed E-state index contributed by atoms with van der Waals surface area (Å²) in [4.78, 5) is 24.4. The summed E-state index contributed by atoms with van der Waals surface area (Å²) in [6, 6.07) is 7.14. The van der Waals surface area contributed by atoms with Crippen LogP contribution < -0.4 is 5.32 Å². The number of rotatable bonds is 9. The van der Waals surface area contributed by atoms with E-state index in [2.05, 4.69) is 12.2 Å². The summed E-state index contributed by atoms with van der Waals surface area (Å²) < 4.78 is 0. The van der Waals surface area contributed by atoms with Gasteiger partial charge in [-0.1, -0.05) is 43.5 Å². The van der Waals surface area contributed by atoms with Crippen molar-refractivity contribution in [1.29, 1.82) is 0 Å². The number of aliphatic carboxylic acids is 1. The predicted molar refractivity (Wildman–Crippen MR) is 87.0 cm³/mol. The van der Waals surface area contributed by atoms with E-state index in [1.807, 2.05) is 12.1 Å². The van der Waals surface area contributed by atoms with Crippen LogP contribution in [0.15, 0.2) is 24.3 Å². The maximum Gasteiger partial charge on any atom is 0.317 e. The fourth-order valence-electron chi connectivity index (χ4n) is 2.00. The van der Waals surface area contributed by atoms with Crippen molar-refractivity contribution in [3.05, 3.63) is 34.9 Å². The topological polar surface area (TPSA) is 69.6 Å². The number of carboxylic acid groups (broad SMARTS) is 1. The van der Waals surface area contributed by atoms with Crippen LogP contribution in [0.1, 0.15) is 38.2 Å². The number of hydrogen-bond acceptors (Lipinski definition) is 2. The fraction of sp³-hybridized carbons (Fsp3) is 0.500. The molecule has 0 aliphatic heterocycles. The molecule has 1 aromatic rings. The number of unbranched alkanes of at least 4 members (excludes halogenated alkanes) is 2. The Morgan fingerprint density at radius 1 is 1.23 bits per heavy atom. The Morgan fingerprint density at radius 2 is 1.91 bits per heavy atom. The molecule has 122 valence electrons. The molecule has 0 bridgehead atoms. The van der Waals surface area contributed by atoms with Crippen molar-refractivity contribution >= 4 is 23.6 Å². The highest BCUT2D eigenvalue weighted by Crippen LogP contribution is 2.12. The van der Waals surface area contributed by atoms with Crippen molar-refractivity contribution in [2.45, 2.75) is 39.2 Å². The van der Waals surface area contributed by atoms with Crippen molar-refractivity contribution in [1.82, 2.24) is 10.2 Å². The number of carbonyl (C=O) groups is 2. The van der Waals surface area contributed by atoms with Crippen LogP contribution in [-0.2, 0) is 11.3 Å². The third kappa shape index (κ3) is 7.31. The highest BCUT2D eigenvalue weighted by Gasteiger charge is 2.13. The lowest BCUT2D eigenvalue weighted by Crippen LogP contribution is -2.40. The summed E-state index contributed by atoms with van der Waals surface area (Å²) in [5.41, 5.74) is 0.995. The molecule has 0 aromatic heterocycles. The van der Waals surface area contributed by atoms with Crippen LogP contribution in [0.5, 0.6) is 0 Å². The Morgan fingerprint density at radius 3 is 2.50 bits per heavy atom. The smallest absolute Gasteiger partial charge is 0.317 e. The van der Waals surface area contributed by atoms with E-state index in [4.69, 9.17) is 16.7 Å². The lowest BCUT2D eigenvalue weighted by Gasteiger charge is -2.23. The van der Waals surface area contributed by atoms with Gasteiger partial charge in [0, 0.05) is 24.7 Å². The molecular weight excluding hydrogens is 304 g/mol. The highest BCUT2D eigenvalue weighted by molar-refractivity contribution is 6.30. The number of halogens is 1. The lowest BCUT2D eigenvalue weighted by atomic mass is 10.2. The van der Waals surface area contributed by atoms with Gasteiger partial charge in [-0.3, -0.25) is 4.79 Å². The average molecular weight is 327 g/mol. The first kappa shape index (κ1) is 18.3. The molecule has 0 radical (unpaired) electrons. The molecule has 1 rings (SSSR count). The summed E-state index contributed by atoms with van der Waals surface area (Å²) in [5.74, 6) is -0.921. The molecule has 0 aliphatic carbocycles. The van der Waals surface area contributed by atoms with Gasteiger partial charge in [-0.05, 0) is 24.1 Å². The largest absolute Gasteiger partial charge is 0.481 e. The van der Waals surface area contributed by atoms with Crippen molar-refractivity contribution in [3.8, 4) is 0 Å². The third-order valence-corrected chi connectivity index (χ3v) is 3.47. The minimum Gasteiger partial charge on any atom is -0.481 e. The van der Waals surface area contributed by atoms with Gasteiger partial charge in [0.05, 0.1) is 6.42 Å². The maximum atomic E-state index is 12.2. The Balaban J connectivity index is 2.59. The summed E-state index contributed by atoms with van der Waals surface area (Å²) in [7, 11) is 0. The molecule has 2 N–H and O–H groups in total. The summed E-state index contributed by atoms with van der Waals surface area (Å²) >= 11 is 5.86. The van der Waals surface area contributed by atoms with E-state index in [9.17, 15) is 9.59 Å². The van der Waals surface area contributed by atoms with E-state index in [0.717, 1.165) is 24.8 Å². The monoisotopic (exact) mass is 326 g/mol. The number of nitrogens with one attached hydrogen (secondary N) is 1. The number of amides is 2. The van der Waals surface area contributed by atoms with Crippen molar-refractivity contribution in [2.24, 2.45) is 0 Å². The summed E-state index contributed by atoms with van der Waals surface area (Å²) in [6.45, 7) is 3.38. The molecule has 0 atom stereocenters. The second-order valence-electron chi connectivity index (χ2n) is 5.13. The molecule has 0 saturated carbocycles. The van der Waals surface area contributed by atoms with Gasteiger partial charge in [-0.15, -0.1) is 0 Å². The number of benzene rings is 1. The zero-order valence-corrected chi connectivity index (χ0v) is 13.6. The van der Waals surface area contributed by atoms with E-state index < -0.39 is 5.97 Å². The van der Waals surface area contributed by atoms with Crippen LogP contribution in [0, 0.1) is 0 Å². The van der Waals surface area contributed by atoms with Gasteiger partial charge in [-0.2, -0.15) is 0 Å². The molecule has 0 saturated heterocycles. The molecule has 5 nitrogen and oxygen atoms in total. The minimum absolute atomic E-state index is 0.0739. The SMILES string of the molecule is CCCCCN(Cc1ccc(Cl)cc1)C(=O)NCCC(=O)O. The van der Waals surface area contributed by atoms with Crippen molar-refractivity contribution in [2.75, 3.05) is 13.1 Å². The van der Waals surface area contributed by atoms with Crippen molar-refractivity contribution < 1.29 is 14.7 Å². The number of urea groups is 1. The van der Waals surface area contributed by atoms with Gasteiger partial charge < -0.3 is 15.3 Å². The second kappa shape index (κ2) is 10.1. The molecule has 0 heterocycles. The molecule has 0 aliphatic rings. The second-order valence-corrected chi connectivity index (χ2v) is 5.57. The van der Waals surface area contributed by atoms with Crippen molar-refractivity contribution in [3.63, 3.8) is 0 Å². The van der Waals surface area contributed by atoms with Crippen LogP contribution in [0.3, 0.4) is 0 Å². The van der Waals surface area contributed by atoms with Crippen LogP contribution >= 0.6 is 11.6 Å². The highest BCUT2D eigenvalue weighted by atomic mass is 35.5. The number of carbonyl (C=O) groups excluding carboxylic acids is 1. The zero-order chi connectivity index (χ0) is 16.4. The standard InChI is InChI=1S/C16H23ClN2O3/c1-2-3-4-11-19(16(22)18-10-9-15(20)21)12-13-5-7-14(17)8-6-13/h5-8H,2-4,9-12H2,1H3,(H,18,22)(H,20,21). The van der Waals surface area contributed by atoms with Crippen LogP contribution in [-0.4, -0.2) is 35.1 Å². The summed E-state index contributed by atoms with van der Waals surface area (Å²) in [6.07, 6.45) is 2.99. The molecule has 6 heteroatoms. The lowest BCUT2D eigenvalue weighted by molar-refractivity contribution is -0.136. The van der Waals surface area contributed by atoms with Gasteiger partial charge in [0.25, 0.3) is 0 Å². The molecule has 1 aromatic carbocycles. The zero-order valence-electron chi connectivity index (χ0n) is 12.8. The Labute approximate surface area is 136 Å². The average Bonchev–Trinajstić information content (AvgIpc) is 2.48. The maximum absolute atomic E-state index is 12.2. The predicted octanol–water partition coefficient (Wildman–Crippen LogP) is 3.52. The van der Waals surface area contributed by atoms with E-state index in [0.29, 0.717) is 18.1 Å². The Bertz CT molecular complexity index is 477. The van der Waals surface area contributed by atoms with Gasteiger partial charge >= 0.3 is 12.0 Å². The van der Waals surface area contributed by atoms with Gasteiger partial charge in [0.1, 0.15) is 0 Å². The van der Waals surface area contributed by atoms with Crippen LogP contribution in [0.2, 0.25) is 5.02 Å². The number of nitrogens with zero attached hydrogens (tertiary/aromatic N) is 1.